The van der Waals surface area contributed by atoms with E-state index in [1.165, 1.54) is 45.0 Å². The number of aliphatic hydroxyl groups excluding tert-OH is 7. The summed E-state index contributed by atoms with van der Waals surface area (Å²) in [5, 5.41) is 114. The highest BCUT2D eigenvalue weighted by atomic mass is 16.5. The topological polar surface area (TPSA) is 644 Å². The van der Waals surface area contributed by atoms with Crippen LogP contribution in [0.1, 0.15) is 189 Å². The number of carbonyl (C=O) groups is 15. The summed E-state index contributed by atoms with van der Waals surface area (Å²) < 4.78 is 6.03. The Balaban J connectivity index is 1.84. The molecule has 1 aromatic carbocycles. The van der Waals surface area contributed by atoms with Gasteiger partial charge in [-0.2, -0.15) is 0 Å². The summed E-state index contributed by atoms with van der Waals surface area (Å²) in [6, 6.07) is -15.7. The fourth-order valence-corrected chi connectivity index (χ4v) is 13.6. The van der Waals surface area contributed by atoms with Crippen molar-refractivity contribution in [2.45, 2.75) is 312 Å². The van der Waals surface area contributed by atoms with Gasteiger partial charge in [0.15, 0.2) is 0 Å². The number of cyclic esters (lactones) is 1. The molecule has 0 radical (unpaired) electrons. The minimum Gasteiger partial charge on any atom is -0.508 e. The van der Waals surface area contributed by atoms with Gasteiger partial charge in [-0.05, 0) is 110 Å². The van der Waals surface area contributed by atoms with E-state index in [0.29, 0.717) is 29.7 Å². The highest BCUT2D eigenvalue weighted by Crippen LogP contribution is 2.25. The third-order valence-electron chi connectivity index (χ3n) is 20.3. The van der Waals surface area contributed by atoms with E-state index >= 15 is 0 Å². The zero-order valence-electron chi connectivity index (χ0n) is 67.6. The number of primary amides is 1. The van der Waals surface area contributed by atoms with Gasteiger partial charge in [-0.15, -0.1) is 0 Å². The summed E-state index contributed by atoms with van der Waals surface area (Å²) in [7, 11) is 0. The first-order valence-corrected chi connectivity index (χ1v) is 40.1. The van der Waals surface area contributed by atoms with Gasteiger partial charge in [0.1, 0.15) is 78.3 Å². The normalized spacial score (nSPS) is 27.2. The van der Waals surface area contributed by atoms with Crippen molar-refractivity contribution in [2.75, 3.05) is 32.7 Å². The van der Waals surface area contributed by atoms with Crippen molar-refractivity contribution in [3.63, 3.8) is 0 Å². The lowest BCUT2D eigenvalue weighted by atomic mass is 9.99. The average molecular weight is 1650 g/mol. The Labute approximate surface area is 674 Å². The van der Waals surface area contributed by atoms with E-state index < -0.39 is 255 Å². The van der Waals surface area contributed by atoms with Crippen molar-refractivity contribution >= 4 is 88.7 Å². The number of ether oxygens (including phenoxy) is 1. The molecule has 4 rings (SSSR count). The molecule has 20 atom stereocenters. The van der Waals surface area contributed by atoms with Crippen molar-refractivity contribution < 1.29 is 118 Å². The first-order valence-electron chi connectivity index (χ1n) is 40.1. The molecular formula is C76H126N16O24. The molecule has 1 aromatic rings. The Morgan fingerprint density at radius 3 is 1.66 bits per heavy atom. The number of phenols is 1. The number of nitrogens with one attached hydrogen (secondary N) is 11. The van der Waals surface area contributed by atoms with Crippen LogP contribution in [-0.2, 0) is 83.1 Å². The number of hydrogen-bond donors (Lipinski definition) is 22. The molecular weight excluding hydrogens is 1520 g/mol. The van der Waals surface area contributed by atoms with Crippen LogP contribution in [0.15, 0.2) is 24.3 Å². The molecule has 0 aromatic heterocycles. The molecule has 3 heterocycles. The fourth-order valence-electron chi connectivity index (χ4n) is 13.6. The Hall–Kier alpha value is -9.29. The summed E-state index contributed by atoms with van der Waals surface area (Å²) >= 11 is 0. The van der Waals surface area contributed by atoms with Gasteiger partial charge < -0.3 is 131 Å². The maximum absolute atomic E-state index is 14.8. The van der Waals surface area contributed by atoms with Crippen LogP contribution in [0, 0.1) is 5.92 Å². The quantitative estimate of drug-likeness (QED) is 0.0252. The smallest absolute Gasteiger partial charge is 0.328 e. The Kier molecular flexibility index (Phi) is 42.4. The van der Waals surface area contributed by atoms with Gasteiger partial charge >= 0.3 is 5.97 Å². The SMILES string of the molecule is CCCCCCCCCCCCC[C@@H]1CC(=O)N[C@@H]([C@@H](C)O)C(=O)N[C@H](C)C(=O)N[C@@H](Cc2ccc(O)cc2)C(=O)N[C@@H](C(C)C)C(=O)N2C[C@H](O)C[C@H]2C(=O)N[C@@H]([C@@H](C)O)C(=O)N[C@@H]([C@@H](C)O)C(=O)N2CC[C@H](O)[C@H]2C(=O)N[C@@H]([C@H](O)CC(N)=O)C(=O)NCC(=O)N[C@@H]([C@@H](C)O)C(=O)N[C@H](CCCNC(=O)C(N)CCCN)C(=O)O1. The molecule has 0 bridgehead atoms. The highest BCUT2D eigenvalue weighted by Gasteiger charge is 2.49. The largest absolute Gasteiger partial charge is 0.508 e. The number of aliphatic hydroxyl groups is 7. The second-order valence-corrected chi connectivity index (χ2v) is 30.7. The summed E-state index contributed by atoms with van der Waals surface area (Å²) in [4.78, 5) is 213. The van der Waals surface area contributed by atoms with Gasteiger partial charge in [0.25, 0.3) is 0 Å². The first-order chi connectivity index (χ1) is 54.7. The number of benzene rings is 1. The monoisotopic (exact) mass is 1650 g/mol. The molecule has 14 amide bonds. The number of fused-ring (bicyclic) bond motifs is 2. The van der Waals surface area contributed by atoms with E-state index in [-0.39, 0.29) is 57.4 Å². The van der Waals surface area contributed by atoms with Crippen molar-refractivity contribution in [3.8, 4) is 5.75 Å². The Morgan fingerprint density at radius 1 is 0.569 bits per heavy atom. The van der Waals surface area contributed by atoms with E-state index in [0.717, 1.165) is 90.4 Å². The lowest BCUT2D eigenvalue weighted by molar-refractivity contribution is -0.155. The number of aromatic hydroxyl groups is 1. The molecule has 654 valence electrons. The number of phenolic OH excluding ortho intramolecular Hbond substituents is 1. The van der Waals surface area contributed by atoms with Gasteiger partial charge in [0, 0.05) is 32.5 Å². The van der Waals surface area contributed by atoms with Crippen molar-refractivity contribution in [3.05, 3.63) is 29.8 Å². The van der Waals surface area contributed by atoms with Crippen molar-refractivity contribution in [1.29, 1.82) is 0 Å². The van der Waals surface area contributed by atoms with Gasteiger partial charge in [-0.3, -0.25) is 67.1 Å². The van der Waals surface area contributed by atoms with Crippen LogP contribution in [0.3, 0.4) is 0 Å². The molecule has 0 saturated carbocycles. The summed E-state index contributed by atoms with van der Waals surface area (Å²) in [5.41, 5.74) is 17.4. The minimum atomic E-state index is -2.25. The number of amides is 14. The third kappa shape index (κ3) is 32.3. The van der Waals surface area contributed by atoms with E-state index in [1.54, 1.807) is 0 Å². The van der Waals surface area contributed by atoms with Gasteiger partial charge in [0.2, 0.25) is 82.7 Å². The Bertz CT molecular complexity index is 3440. The van der Waals surface area contributed by atoms with Crippen molar-refractivity contribution in [2.24, 2.45) is 23.1 Å². The van der Waals surface area contributed by atoms with E-state index in [9.17, 15) is 113 Å². The molecule has 40 nitrogen and oxygen atoms in total. The van der Waals surface area contributed by atoms with Crippen LogP contribution in [-0.4, -0.2) is 293 Å². The highest BCUT2D eigenvalue weighted by molar-refractivity contribution is 6.00. The number of nitrogens with two attached hydrogens (primary N) is 3. The summed E-state index contributed by atoms with van der Waals surface area (Å²) in [6.45, 7) is 8.67. The standard InChI is InChI=1S/C76H126N16O24/c1-9-10-11-12-13-14-15-16-17-18-19-22-48-35-56(102)85-59(41(5)93)70(109)82-40(4)65(104)84-51(33-45-25-27-46(97)28-26-45)67(106)87-58(39(2)3)74(113)92-38-47(98)34-52(92)68(107)88-61(43(7)95)72(111)89-62(44(8)96)75(114)91-32-29-53(99)64(91)73(112)90-63(54(100)36-55(79)101)69(108)81-37-57(103)86-60(42(6)94)71(110)83-50(76(115)116-48)24-21-31-80-66(105)49(78)23-20-30-77/h25-28,39-44,47-54,58-64,93-100H,9-24,29-38,77-78H2,1-8H3,(H2,79,101)(H,80,105)(H,81,108)(H,82,109)(H,83,110)(H,84,104)(H,85,102)(H,86,103)(H,87,106)(H,88,107)(H,89,111)(H,90,112)/t40-,41-,42-,43-,44-,47-,48-,49?,50-,51+,52+,53+,54-,58+,59+,60+,61+,62+,63+,64+/m1/s1. The lowest BCUT2D eigenvalue weighted by Crippen LogP contribution is -2.64. The minimum absolute atomic E-state index is 0.0135. The number of unbranched alkanes of at least 4 members (excludes halogenated alkanes) is 10. The lowest BCUT2D eigenvalue weighted by Gasteiger charge is -2.34. The maximum atomic E-state index is 14.8. The molecule has 0 aliphatic carbocycles. The molecule has 3 fully saturated rings. The maximum Gasteiger partial charge on any atom is 0.328 e. The number of carbonyl (C=O) groups excluding carboxylic acids is 15. The van der Waals surface area contributed by atoms with Gasteiger partial charge in [-0.1, -0.05) is 97.1 Å². The van der Waals surface area contributed by atoms with Crippen LogP contribution in [0.5, 0.6) is 5.75 Å². The van der Waals surface area contributed by atoms with Gasteiger partial charge in [-0.25, -0.2) is 4.79 Å². The fraction of sp³-hybridized carbons (Fsp3) is 0.724. The zero-order chi connectivity index (χ0) is 86.8. The van der Waals surface area contributed by atoms with Crippen LogP contribution in [0.25, 0.3) is 0 Å². The molecule has 1 unspecified atom stereocenters. The predicted molar refractivity (Wildman–Crippen MR) is 416 cm³/mol. The van der Waals surface area contributed by atoms with E-state index in [1.807, 2.05) is 0 Å². The summed E-state index contributed by atoms with van der Waals surface area (Å²) in [6.07, 6.45) is -6.36. The number of rotatable bonds is 30. The van der Waals surface area contributed by atoms with Crippen molar-refractivity contribution in [1.82, 2.24) is 68.3 Å². The molecule has 3 aliphatic heterocycles. The zero-order valence-corrected chi connectivity index (χ0v) is 67.6. The van der Waals surface area contributed by atoms with Crippen LogP contribution >= 0.6 is 0 Å². The van der Waals surface area contributed by atoms with Crippen LogP contribution in [0.4, 0.5) is 0 Å². The Morgan fingerprint density at radius 2 is 1.09 bits per heavy atom. The average Bonchev–Trinajstić information content (AvgIpc) is 1.64. The first kappa shape index (κ1) is 99.1. The molecule has 3 saturated heterocycles. The number of nitrogens with zero attached hydrogens (tertiary/aromatic N) is 2. The molecule has 25 N–H and O–H groups in total. The van der Waals surface area contributed by atoms with Crippen LogP contribution in [0.2, 0.25) is 0 Å². The van der Waals surface area contributed by atoms with Crippen LogP contribution < -0.4 is 75.7 Å². The second kappa shape index (κ2) is 49.7. The molecule has 116 heavy (non-hydrogen) atoms. The number of hydrogen-bond acceptors (Lipinski definition) is 26. The molecule has 0 spiro atoms. The van der Waals surface area contributed by atoms with E-state index in [4.69, 9.17) is 21.9 Å². The number of esters is 1. The second-order valence-electron chi connectivity index (χ2n) is 30.7. The predicted octanol–water partition coefficient (Wildman–Crippen LogP) is -6.25. The van der Waals surface area contributed by atoms with E-state index in [2.05, 4.69) is 65.4 Å². The molecule has 40 heteroatoms. The molecule has 3 aliphatic rings. The summed E-state index contributed by atoms with van der Waals surface area (Å²) in [5.74, 6) is -18.1. The van der Waals surface area contributed by atoms with Gasteiger partial charge in [0.05, 0.1) is 68.2 Å². The third-order valence-corrected chi connectivity index (χ3v) is 20.3.